The first kappa shape index (κ1) is 25.4. The average molecular weight is 469 g/mol. The van der Waals surface area contributed by atoms with Crippen LogP contribution in [0.3, 0.4) is 0 Å². The summed E-state index contributed by atoms with van der Waals surface area (Å²) in [4.78, 5) is 28.1. The lowest BCUT2D eigenvalue weighted by Gasteiger charge is -2.21. The second-order valence-electron chi connectivity index (χ2n) is 8.15. The van der Waals surface area contributed by atoms with Crippen LogP contribution < -0.4 is 15.6 Å². The molecule has 3 aromatic carbocycles. The van der Waals surface area contributed by atoms with Crippen LogP contribution in [0.2, 0.25) is 0 Å². The number of nitrogens with one attached hydrogen (secondary N) is 2. The topological polar surface area (TPSA) is 73.8 Å². The molecule has 0 bridgehead atoms. The Morgan fingerprint density at radius 1 is 0.857 bits per heavy atom. The Balaban J connectivity index is 1.85. The van der Waals surface area contributed by atoms with Crippen LogP contribution in [0.4, 0.5) is 5.69 Å². The minimum Gasteiger partial charge on any atom is -0.372 e. The number of anilines is 1. The molecule has 0 aliphatic heterocycles. The Bertz CT molecular complexity index is 1190. The number of amides is 2. The third kappa shape index (κ3) is 7.14. The molecule has 0 atom stereocenters. The first-order chi connectivity index (χ1) is 16.9. The van der Waals surface area contributed by atoms with Crippen LogP contribution in [-0.4, -0.2) is 30.6 Å². The summed E-state index contributed by atoms with van der Waals surface area (Å²) < 4.78 is 0. The maximum absolute atomic E-state index is 13.1. The molecule has 0 heterocycles. The molecule has 0 aliphatic rings. The number of hydrazone groups is 1. The molecule has 0 unspecified atom stereocenters. The molecule has 180 valence electrons. The fraction of sp³-hybridized carbons (Fsp3) is 0.207. The number of nitrogens with zero attached hydrogens (tertiary/aromatic N) is 2. The van der Waals surface area contributed by atoms with E-state index in [2.05, 4.69) is 34.6 Å². The van der Waals surface area contributed by atoms with E-state index in [1.807, 2.05) is 68.4 Å². The van der Waals surface area contributed by atoms with Gasteiger partial charge in [0.1, 0.15) is 5.70 Å². The van der Waals surface area contributed by atoms with Gasteiger partial charge < -0.3 is 10.2 Å². The number of hydrogen-bond acceptors (Lipinski definition) is 4. The summed E-state index contributed by atoms with van der Waals surface area (Å²) in [5.74, 6) is -0.875. The Kier molecular flexibility index (Phi) is 8.95. The molecule has 0 fully saturated rings. The highest BCUT2D eigenvalue weighted by molar-refractivity contribution is 6.06. The second-order valence-corrected chi connectivity index (χ2v) is 8.15. The van der Waals surface area contributed by atoms with E-state index in [4.69, 9.17) is 0 Å². The lowest BCUT2D eigenvalue weighted by molar-refractivity contribution is -0.117. The SMILES string of the molecule is CCN(CC)c1ccc(/C=C(\NC(=O)c2ccccc2)C(=O)N/N=C(/C)c2ccc(C)cc2)cc1. The third-order valence-corrected chi connectivity index (χ3v) is 5.66. The molecule has 0 aromatic heterocycles. The maximum atomic E-state index is 13.1. The first-order valence-electron chi connectivity index (χ1n) is 11.8. The third-order valence-electron chi connectivity index (χ3n) is 5.66. The molecule has 2 amide bonds. The Morgan fingerprint density at radius 2 is 1.49 bits per heavy atom. The summed E-state index contributed by atoms with van der Waals surface area (Å²) in [5, 5.41) is 6.99. The fourth-order valence-electron chi connectivity index (χ4n) is 3.53. The first-order valence-corrected chi connectivity index (χ1v) is 11.8. The van der Waals surface area contributed by atoms with Crippen molar-refractivity contribution in [2.45, 2.75) is 27.7 Å². The van der Waals surface area contributed by atoms with E-state index in [1.54, 1.807) is 30.3 Å². The molecule has 0 spiro atoms. The van der Waals surface area contributed by atoms with E-state index >= 15 is 0 Å². The smallest absolute Gasteiger partial charge is 0.287 e. The molecule has 0 saturated carbocycles. The predicted octanol–water partition coefficient (Wildman–Crippen LogP) is 5.15. The van der Waals surface area contributed by atoms with Gasteiger partial charge in [0, 0.05) is 24.3 Å². The minimum atomic E-state index is -0.506. The summed E-state index contributed by atoms with van der Waals surface area (Å²) in [7, 11) is 0. The van der Waals surface area contributed by atoms with Crippen LogP contribution in [0, 0.1) is 6.92 Å². The fourth-order valence-corrected chi connectivity index (χ4v) is 3.53. The van der Waals surface area contributed by atoms with Crippen molar-refractivity contribution in [2.75, 3.05) is 18.0 Å². The largest absolute Gasteiger partial charge is 0.372 e. The second kappa shape index (κ2) is 12.3. The molecule has 2 N–H and O–H groups in total. The molecule has 3 aromatic rings. The van der Waals surface area contributed by atoms with Crippen molar-refractivity contribution in [3.8, 4) is 0 Å². The van der Waals surface area contributed by atoms with Crippen LogP contribution in [0.1, 0.15) is 47.8 Å². The summed E-state index contributed by atoms with van der Waals surface area (Å²) in [5.41, 5.74) is 7.75. The van der Waals surface area contributed by atoms with E-state index in [1.165, 1.54) is 0 Å². The molecule has 3 rings (SSSR count). The van der Waals surface area contributed by atoms with E-state index in [9.17, 15) is 9.59 Å². The molecule has 0 saturated heterocycles. The van der Waals surface area contributed by atoms with Crippen LogP contribution >= 0.6 is 0 Å². The van der Waals surface area contributed by atoms with Gasteiger partial charge in [-0.15, -0.1) is 0 Å². The Morgan fingerprint density at radius 3 is 2.09 bits per heavy atom. The minimum absolute atomic E-state index is 0.106. The van der Waals surface area contributed by atoms with E-state index in [-0.39, 0.29) is 11.6 Å². The van der Waals surface area contributed by atoms with Gasteiger partial charge in [0.05, 0.1) is 5.71 Å². The van der Waals surface area contributed by atoms with Crippen LogP contribution in [-0.2, 0) is 4.79 Å². The van der Waals surface area contributed by atoms with Gasteiger partial charge >= 0.3 is 0 Å². The number of rotatable bonds is 9. The Hall–Kier alpha value is -4.19. The summed E-state index contributed by atoms with van der Waals surface area (Å²) in [6, 6.07) is 24.5. The zero-order chi connectivity index (χ0) is 25.2. The maximum Gasteiger partial charge on any atom is 0.287 e. The van der Waals surface area contributed by atoms with E-state index in [0.29, 0.717) is 11.3 Å². The van der Waals surface area contributed by atoms with Gasteiger partial charge in [0.25, 0.3) is 11.8 Å². The van der Waals surface area contributed by atoms with E-state index in [0.717, 1.165) is 35.5 Å². The van der Waals surface area contributed by atoms with Crippen molar-refractivity contribution >= 4 is 29.3 Å². The number of aryl methyl sites for hydroxylation is 1. The quantitative estimate of drug-likeness (QED) is 0.259. The van der Waals surface area contributed by atoms with Gasteiger partial charge in [-0.25, -0.2) is 5.43 Å². The molecular formula is C29H32N4O2. The van der Waals surface area contributed by atoms with Crippen molar-refractivity contribution in [2.24, 2.45) is 5.10 Å². The molecule has 35 heavy (non-hydrogen) atoms. The molecule has 6 nitrogen and oxygen atoms in total. The van der Waals surface area contributed by atoms with Crippen LogP contribution in [0.15, 0.2) is 89.7 Å². The zero-order valence-corrected chi connectivity index (χ0v) is 20.7. The van der Waals surface area contributed by atoms with Crippen molar-refractivity contribution in [3.63, 3.8) is 0 Å². The van der Waals surface area contributed by atoms with Gasteiger partial charge in [-0.1, -0.05) is 60.2 Å². The van der Waals surface area contributed by atoms with Crippen molar-refractivity contribution < 1.29 is 9.59 Å². The predicted molar refractivity (Wildman–Crippen MR) is 143 cm³/mol. The average Bonchev–Trinajstić information content (AvgIpc) is 2.89. The molecular weight excluding hydrogens is 436 g/mol. The van der Waals surface area contributed by atoms with Gasteiger partial charge in [0.2, 0.25) is 0 Å². The van der Waals surface area contributed by atoms with Crippen molar-refractivity contribution in [1.29, 1.82) is 0 Å². The van der Waals surface area contributed by atoms with Crippen LogP contribution in [0.25, 0.3) is 6.08 Å². The van der Waals surface area contributed by atoms with Crippen molar-refractivity contribution in [1.82, 2.24) is 10.7 Å². The standard InChI is InChI=1S/C29H32N4O2/c1-5-33(6-2)26-18-14-23(15-19-26)20-27(30-28(34)25-10-8-7-9-11-25)29(35)32-31-22(4)24-16-12-21(3)13-17-24/h7-20H,5-6H2,1-4H3,(H,30,34)(H,32,35)/b27-20-,31-22-. The number of carbonyl (C=O) groups is 2. The lowest BCUT2D eigenvalue weighted by atomic mass is 10.1. The van der Waals surface area contributed by atoms with Crippen molar-refractivity contribution in [3.05, 3.63) is 107 Å². The summed E-state index contributed by atoms with van der Waals surface area (Å²) in [6.07, 6.45) is 1.65. The highest BCUT2D eigenvalue weighted by atomic mass is 16.2. The monoisotopic (exact) mass is 468 g/mol. The van der Waals surface area contributed by atoms with Gasteiger partial charge in [0.15, 0.2) is 0 Å². The number of benzene rings is 3. The van der Waals surface area contributed by atoms with Gasteiger partial charge in [-0.05, 0) is 69.2 Å². The lowest BCUT2D eigenvalue weighted by Crippen LogP contribution is -2.33. The molecule has 0 aliphatic carbocycles. The number of hydrogen-bond donors (Lipinski definition) is 2. The summed E-state index contributed by atoms with van der Waals surface area (Å²) in [6.45, 7) is 9.87. The van der Waals surface area contributed by atoms with E-state index < -0.39 is 5.91 Å². The Labute approximate surface area is 207 Å². The highest BCUT2D eigenvalue weighted by Crippen LogP contribution is 2.17. The molecule has 6 heteroatoms. The van der Waals surface area contributed by atoms with Gasteiger partial charge in [-0.2, -0.15) is 5.10 Å². The normalized spacial score (nSPS) is 11.7. The highest BCUT2D eigenvalue weighted by Gasteiger charge is 2.15. The molecule has 0 radical (unpaired) electrons. The zero-order valence-electron chi connectivity index (χ0n) is 20.7. The summed E-state index contributed by atoms with van der Waals surface area (Å²) >= 11 is 0. The van der Waals surface area contributed by atoms with Gasteiger partial charge in [-0.3, -0.25) is 9.59 Å². The number of carbonyl (C=O) groups excluding carboxylic acids is 2. The van der Waals surface area contributed by atoms with Crippen LogP contribution in [0.5, 0.6) is 0 Å².